The predicted molar refractivity (Wildman–Crippen MR) is 144 cm³/mol. The Morgan fingerprint density at radius 1 is 0.974 bits per heavy atom. The van der Waals surface area contributed by atoms with E-state index in [4.69, 9.17) is 4.98 Å². The lowest BCUT2D eigenvalue weighted by Gasteiger charge is -2.20. The zero-order chi connectivity index (χ0) is 26.2. The highest BCUT2D eigenvalue weighted by Gasteiger charge is 2.16. The highest BCUT2D eigenvalue weighted by molar-refractivity contribution is 5.78. The smallest absolute Gasteiger partial charge is 0.225 e. The number of halogens is 1. The van der Waals surface area contributed by atoms with Crippen molar-refractivity contribution >= 4 is 23.0 Å². The molecule has 0 bridgehead atoms. The molecule has 0 aliphatic rings. The van der Waals surface area contributed by atoms with Crippen LogP contribution in [0.4, 0.5) is 21.8 Å². The van der Waals surface area contributed by atoms with Gasteiger partial charge in [0.2, 0.25) is 11.8 Å². The van der Waals surface area contributed by atoms with Crippen LogP contribution in [0, 0.1) is 17.7 Å². The van der Waals surface area contributed by atoms with Crippen LogP contribution >= 0.6 is 0 Å². The lowest BCUT2D eigenvalue weighted by atomic mass is 10.2. The van der Waals surface area contributed by atoms with Crippen molar-refractivity contribution in [3.63, 3.8) is 0 Å². The number of nitrogens with zero attached hydrogens (tertiary/aromatic N) is 8. The Bertz CT molecular complexity index is 1560. The van der Waals surface area contributed by atoms with Gasteiger partial charge in [0.25, 0.3) is 0 Å². The summed E-state index contributed by atoms with van der Waals surface area (Å²) in [5, 5.41) is 7.76. The molecule has 0 aromatic carbocycles. The van der Waals surface area contributed by atoms with Gasteiger partial charge in [0.15, 0.2) is 11.6 Å². The number of anilines is 3. The standard InChI is InChI=1S/C28H26FN9/c1-2-17-37(28-32-14-8-15-33-28)18-7-3-4-9-21-12-19-38-25(21)27(34-23-11-16-30-20-22(23)29)35-26(36-38)24-10-5-6-13-31-24/h5-6,8,10-16,19-20H,2,7,9,17-18H2,1H3,(H,30,34,35,36). The summed E-state index contributed by atoms with van der Waals surface area (Å²) in [5.74, 6) is 7.65. The van der Waals surface area contributed by atoms with Gasteiger partial charge in [0, 0.05) is 56.9 Å². The molecule has 5 heterocycles. The van der Waals surface area contributed by atoms with Gasteiger partial charge in [-0.3, -0.25) is 9.97 Å². The molecule has 0 aliphatic heterocycles. The zero-order valence-corrected chi connectivity index (χ0v) is 20.9. The molecule has 9 nitrogen and oxygen atoms in total. The first-order chi connectivity index (χ1) is 18.7. The summed E-state index contributed by atoms with van der Waals surface area (Å²) < 4.78 is 16.2. The molecule has 0 spiro atoms. The van der Waals surface area contributed by atoms with Gasteiger partial charge in [0.05, 0.1) is 11.9 Å². The van der Waals surface area contributed by atoms with Gasteiger partial charge >= 0.3 is 0 Å². The monoisotopic (exact) mass is 507 g/mol. The van der Waals surface area contributed by atoms with Gasteiger partial charge in [-0.2, -0.15) is 0 Å². The molecule has 0 radical (unpaired) electrons. The van der Waals surface area contributed by atoms with Gasteiger partial charge in [-0.15, -0.1) is 11.0 Å². The fourth-order valence-electron chi connectivity index (χ4n) is 4.00. The molecule has 0 saturated carbocycles. The predicted octanol–water partition coefficient (Wildman–Crippen LogP) is 4.71. The Labute approximate surface area is 219 Å². The molecule has 0 saturated heterocycles. The second-order valence-corrected chi connectivity index (χ2v) is 8.43. The number of nitrogens with one attached hydrogen (secondary N) is 1. The van der Waals surface area contributed by atoms with Crippen molar-refractivity contribution < 1.29 is 4.39 Å². The molecule has 5 aromatic rings. The molecule has 10 heteroatoms. The maximum atomic E-state index is 14.4. The minimum absolute atomic E-state index is 0.268. The fourth-order valence-corrected chi connectivity index (χ4v) is 4.00. The van der Waals surface area contributed by atoms with Crippen LogP contribution in [0.25, 0.3) is 17.0 Å². The fraction of sp³-hybridized carbons (Fsp3) is 0.214. The summed E-state index contributed by atoms with van der Waals surface area (Å²) in [5.41, 5.74) is 2.53. The summed E-state index contributed by atoms with van der Waals surface area (Å²) in [7, 11) is 0. The van der Waals surface area contributed by atoms with E-state index in [-0.39, 0.29) is 5.69 Å². The third kappa shape index (κ3) is 5.73. The quantitative estimate of drug-likeness (QED) is 0.287. The van der Waals surface area contributed by atoms with Gasteiger partial charge in [-0.25, -0.2) is 23.9 Å². The van der Waals surface area contributed by atoms with E-state index >= 15 is 0 Å². The number of fused-ring (bicyclic) bond motifs is 1. The van der Waals surface area contributed by atoms with E-state index < -0.39 is 5.82 Å². The summed E-state index contributed by atoms with van der Waals surface area (Å²) in [6.45, 7) is 3.74. The van der Waals surface area contributed by atoms with E-state index in [0.717, 1.165) is 42.7 Å². The summed E-state index contributed by atoms with van der Waals surface area (Å²) in [6, 6.07) is 10.9. The number of pyridine rings is 2. The van der Waals surface area contributed by atoms with Gasteiger partial charge in [0.1, 0.15) is 11.2 Å². The van der Waals surface area contributed by atoms with Crippen LogP contribution in [0.1, 0.15) is 25.3 Å². The summed E-state index contributed by atoms with van der Waals surface area (Å²) in [6.07, 6.45) is 11.9. The molecular weight excluding hydrogens is 481 g/mol. The highest BCUT2D eigenvalue weighted by atomic mass is 19.1. The molecule has 190 valence electrons. The number of rotatable bonds is 9. The van der Waals surface area contributed by atoms with E-state index in [1.54, 1.807) is 29.2 Å². The third-order valence-electron chi connectivity index (χ3n) is 5.75. The number of aromatic nitrogens is 7. The number of hydrogen-bond donors (Lipinski definition) is 1. The maximum absolute atomic E-state index is 14.4. The molecule has 38 heavy (non-hydrogen) atoms. The molecule has 0 fully saturated rings. The molecule has 0 aliphatic carbocycles. The molecule has 0 amide bonds. The van der Waals surface area contributed by atoms with Crippen molar-refractivity contribution in [1.82, 2.24) is 34.5 Å². The zero-order valence-electron chi connectivity index (χ0n) is 20.9. The average Bonchev–Trinajstić information content (AvgIpc) is 3.37. The van der Waals surface area contributed by atoms with Crippen molar-refractivity contribution in [2.45, 2.75) is 26.2 Å². The molecule has 5 rings (SSSR count). The van der Waals surface area contributed by atoms with Crippen LogP contribution in [0.3, 0.4) is 0 Å². The van der Waals surface area contributed by atoms with Gasteiger partial charge < -0.3 is 10.2 Å². The maximum Gasteiger partial charge on any atom is 0.225 e. The Kier molecular flexibility index (Phi) is 7.75. The van der Waals surface area contributed by atoms with Crippen LogP contribution in [-0.2, 0) is 6.42 Å². The van der Waals surface area contributed by atoms with E-state index in [1.807, 2.05) is 36.5 Å². The van der Waals surface area contributed by atoms with E-state index in [0.29, 0.717) is 30.2 Å². The second kappa shape index (κ2) is 11.9. The van der Waals surface area contributed by atoms with Crippen molar-refractivity contribution in [2.75, 3.05) is 23.3 Å². The molecule has 0 atom stereocenters. The Morgan fingerprint density at radius 3 is 2.63 bits per heavy atom. The first-order valence-electron chi connectivity index (χ1n) is 12.4. The third-order valence-corrected chi connectivity index (χ3v) is 5.75. The summed E-state index contributed by atoms with van der Waals surface area (Å²) >= 11 is 0. The van der Waals surface area contributed by atoms with Crippen molar-refractivity contribution in [1.29, 1.82) is 0 Å². The SMILES string of the molecule is CCCN(CCC#CCc1ccn2nc(-c3ccccn3)nc(Nc3ccncc3F)c12)c1ncccn1. The van der Waals surface area contributed by atoms with E-state index in [9.17, 15) is 4.39 Å². The molecule has 5 aromatic heterocycles. The van der Waals surface area contributed by atoms with Crippen LogP contribution < -0.4 is 10.2 Å². The number of hydrogen-bond acceptors (Lipinski definition) is 8. The van der Waals surface area contributed by atoms with Crippen molar-refractivity contribution in [3.8, 4) is 23.4 Å². The normalized spacial score (nSPS) is 10.7. The van der Waals surface area contributed by atoms with Crippen LogP contribution in [-0.4, -0.2) is 47.6 Å². The van der Waals surface area contributed by atoms with Gasteiger partial charge in [-0.1, -0.05) is 18.9 Å². The minimum Gasteiger partial charge on any atom is -0.340 e. The van der Waals surface area contributed by atoms with E-state index in [1.165, 1.54) is 6.20 Å². The molecule has 0 unspecified atom stereocenters. The van der Waals surface area contributed by atoms with Gasteiger partial charge in [-0.05, 0) is 42.3 Å². The summed E-state index contributed by atoms with van der Waals surface area (Å²) in [4.78, 5) is 23.7. The first kappa shape index (κ1) is 24.8. The van der Waals surface area contributed by atoms with Crippen LogP contribution in [0.5, 0.6) is 0 Å². The van der Waals surface area contributed by atoms with Crippen molar-refractivity contribution in [3.05, 3.63) is 85.0 Å². The Balaban J connectivity index is 1.39. The lowest BCUT2D eigenvalue weighted by molar-refractivity contribution is 0.625. The van der Waals surface area contributed by atoms with Crippen LogP contribution in [0.2, 0.25) is 0 Å². The highest BCUT2D eigenvalue weighted by Crippen LogP contribution is 2.27. The molecule has 1 N–H and O–H groups in total. The Hall–Kier alpha value is -4.91. The minimum atomic E-state index is -0.476. The topological polar surface area (TPSA) is 97.0 Å². The Morgan fingerprint density at radius 2 is 1.84 bits per heavy atom. The largest absolute Gasteiger partial charge is 0.340 e. The van der Waals surface area contributed by atoms with Crippen LogP contribution in [0.15, 0.2) is 73.6 Å². The lowest BCUT2D eigenvalue weighted by Crippen LogP contribution is -2.26. The van der Waals surface area contributed by atoms with Crippen molar-refractivity contribution in [2.24, 2.45) is 0 Å². The average molecular weight is 508 g/mol. The first-order valence-corrected chi connectivity index (χ1v) is 12.4. The van der Waals surface area contributed by atoms with E-state index in [2.05, 4.69) is 54.0 Å². The second-order valence-electron chi connectivity index (χ2n) is 8.43. The molecular formula is C28H26FN9.